The topological polar surface area (TPSA) is 75.5 Å². The third kappa shape index (κ3) is 3.81. The summed E-state index contributed by atoms with van der Waals surface area (Å²) in [4.78, 5) is 19.1. The van der Waals surface area contributed by atoms with Gasteiger partial charge >= 0.3 is 0 Å². The van der Waals surface area contributed by atoms with Crippen LogP contribution in [0.1, 0.15) is 25.3 Å². The second kappa shape index (κ2) is 7.65. The Morgan fingerprint density at radius 2 is 2.11 bits per heavy atom. The van der Waals surface area contributed by atoms with Crippen LogP contribution in [0.2, 0.25) is 0 Å². The van der Waals surface area contributed by atoms with Gasteiger partial charge in [-0.3, -0.25) is 4.79 Å². The van der Waals surface area contributed by atoms with Gasteiger partial charge in [0, 0.05) is 24.5 Å². The monoisotopic (exact) mass is 383 g/mol. The molecule has 0 N–H and O–H groups in total. The van der Waals surface area contributed by atoms with Crippen molar-refractivity contribution in [2.45, 2.75) is 24.8 Å². The summed E-state index contributed by atoms with van der Waals surface area (Å²) in [5.41, 5.74) is 1.21. The lowest BCUT2D eigenvalue weighted by Gasteiger charge is -2.30. The number of hydrogen-bond acceptors (Lipinski definition) is 6. The first-order chi connectivity index (χ1) is 13.1. The summed E-state index contributed by atoms with van der Waals surface area (Å²) >= 11 is 1.33. The predicted molar refractivity (Wildman–Crippen MR) is 103 cm³/mol. The minimum Gasteiger partial charge on any atom is -0.486 e. The van der Waals surface area contributed by atoms with Crippen LogP contribution in [-0.4, -0.2) is 47.8 Å². The van der Waals surface area contributed by atoms with Crippen molar-refractivity contribution in [3.8, 4) is 17.6 Å². The van der Waals surface area contributed by atoms with E-state index in [1.54, 1.807) is 6.07 Å². The Labute approximate surface area is 162 Å². The first-order valence-electron chi connectivity index (χ1n) is 9.19. The second-order valence-corrected chi connectivity index (χ2v) is 7.98. The highest BCUT2D eigenvalue weighted by Crippen LogP contribution is 2.35. The van der Waals surface area contributed by atoms with Gasteiger partial charge in [-0.1, -0.05) is 18.7 Å². The smallest absolute Gasteiger partial charge is 0.232 e. The quantitative estimate of drug-likeness (QED) is 0.758. The second-order valence-electron chi connectivity index (χ2n) is 7.02. The van der Waals surface area contributed by atoms with E-state index in [1.165, 1.54) is 18.2 Å². The van der Waals surface area contributed by atoms with Crippen molar-refractivity contribution < 1.29 is 14.3 Å². The van der Waals surface area contributed by atoms with Crippen LogP contribution in [0.3, 0.4) is 0 Å². The summed E-state index contributed by atoms with van der Waals surface area (Å²) in [5, 5.41) is 10.9. The Hall–Kier alpha value is -2.46. The number of fused-ring (bicyclic) bond motifs is 2. The summed E-state index contributed by atoms with van der Waals surface area (Å²) in [7, 11) is 0. The third-order valence-corrected chi connectivity index (χ3v) is 5.88. The van der Waals surface area contributed by atoms with Gasteiger partial charge in [0.05, 0.1) is 16.8 Å². The van der Waals surface area contributed by atoms with Crippen LogP contribution >= 0.6 is 11.8 Å². The number of rotatable bonds is 3. The molecule has 0 aliphatic carbocycles. The summed E-state index contributed by atoms with van der Waals surface area (Å²) in [6.07, 6.45) is 2.24. The number of likely N-dealkylation sites (tertiary alicyclic amines) is 1. The van der Waals surface area contributed by atoms with E-state index in [0.717, 1.165) is 30.4 Å². The van der Waals surface area contributed by atoms with Gasteiger partial charge in [0.25, 0.3) is 0 Å². The number of carbonyl (C=O) groups is 1. The molecule has 6 nitrogen and oxygen atoms in total. The number of carbonyl (C=O) groups excluding carboxylic acids is 1. The van der Waals surface area contributed by atoms with Crippen LogP contribution in [0, 0.1) is 17.2 Å². The largest absolute Gasteiger partial charge is 0.486 e. The van der Waals surface area contributed by atoms with Gasteiger partial charge < -0.3 is 14.4 Å². The fraction of sp³-hybridized carbons (Fsp3) is 0.450. The van der Waals surface area contributed by atoms with Crippen molar-refractivity contribution in [3.63, 3.8) is 0 Å². The molecule has 1 atom stereocenters. The molecule has 1 saturated heterocycles. The lowest BCUT2D eigenvalue weighted by Crippen LogP contribution is -2.40. The van der Waals surface area contributed by atoms with Crippen molar-refractivity contribution in [3.05, 3.63) is 23.8 Å². The van der Waals surface area contributed by atoms with Gasteiger partial charge in [-0.15, -0.1) is 0 Å². The van der Waals surface area contributed by atoms with E-state index in [4.69, 9.17) is 9.47 Å². The molecular formula is C20H21N3O3S. The van der Waals surface area contributed by atoms with E-state index in [2.05, 4.69) is 18.0 Å². The molecule has 27 heavy (non-hydrogen) atoms. The van der Waals surface area contributed by atoms with Crippen LogP contribution in [-0.2, 0) is 4.79 Å². The Kier molecular flexibility index (Phi) is 5.08. The number of amides is 1. The minimum atomic E-state index is 0.111. The molecule has 0 spiro atoms. The normalized spacial score (nSPS) is 19.0. The van der Waals surface area contributed by atoms with Gasteiger partial charge in [0.2, 0.25) is 5.91 Å². The predicted octanol–water partition coefficient (Wildman–Crippen LogP) is 3.23. The molecule has 3 heterocycles. The number of hydrogen-bond donors (Lipinski definition) is 0. The van der Waals surface area contributed by atoms with Gasteiger partial charge in [0.1, 0.15) is 24.3 Å². The lowest BCUT2D eigenvalue weighted by molar-refractivity contribution is -0.130. The molecule has 7 heteroatoms. The fourth-order valence-corrected chi connectivity index (χ4v) is 4.39. The summed E-state index contributed by atoms with van der Waals surface area (Å²) in [6.45, 7) is 4.85. The number of piperidine rings is 1. The first-order valence-corrected chi connectivity index (χ1v) is 10.2. The first kappa shape index (κ1) is 17.9. The summed E-state index contributed by atoms with van der Waals surface area (Å²) < 4.78 is 11.2. The van der Waals surface area contributed by atoms with E-state index in [9.17, 15) is 10.1 Å². The van der Waals surface area contributed by atoms with Gasteiger partial charge in [0.15, 0.2) is 11.5 Å². The molecule has 2 aliphatic heterocycles. The van der Waals surface area contributed by atoms with Crippen LogP contribution in [0.25, 0.3) is 10.9 Å². The molecule has 1 amide bonds. The number of nitrogens with zero attached hydrogens (tertiary/aromatic N) is 3. The van der Waals surface area contributed by atoms with Crippen molar-refractivity contribution in [2.75, 3.05) is 32.1 Å². The van der Waals surface area contributed by atoms with Crippen molar-refractivity contribution in [2.24, 2.45) is 5.92 Å². The van der Waals surface area contributed by atoms with Crippen LogP contribution in [0.4, 0.5) is 0 Å². The standard InChI is InChI=1S/C20H21N3O3S/c1-13-3-2-4-23(11-13)19(24)12-27-20-15(10-21)7-14-8-17-18(9-16(14)22-20)26-6-5-25-17/h7-9,13H,2-6,11-12H2,1H3/t13-/m1/s1. The number of benzene rings is 1. The molecule has 1 aromatic carbocycles. The molecule has 2 aromatic rings. The molecule has 140 valence electrons. The van der Waals surface area contributed by atoms with Gasteiger partial charge in [-0.25, -0.2) is 4.98 Å². The van der Waals surface area contributed by atoms with Crippen molar-refractivity contribution in [1.82, 2.24) is 9.88 Å². The maximum absolute atomic E-state index is 12.5. The Morgan fingerprint density at radius 1 is 1.33 bits per heavy atom. The zero-order valence-corrected chi connectivity index (χ0v) is 16.1. The third-order valence-electron chi connectivity index (χ3n) is 4.91. The maximum Gasteiger partial charge on any atom is 0.232 e. The zero-order chi connectivity index (χ0) is 18.8. The number of nitriles is 1. The molecule has 4 rings (SSSR count). The molecular weight excluding hydrogens is 362 g/mol. The van der Waals surface area contributed by atoms with Crippen LogP contribution < -0.4 is 9.47 Å². The SMILES string of the molecule is C[C@@H]1CCCN(C(=O)CSc2nc3cc4c(cc3cc2C#N)OCCO4)C1. The van der Waals surface area contributed by atoms with E-state index in [-0.39, 0.29) is 5.91 Å². The number of ether oxygens (including phenoxy) is 2. The minimum absolute atomic E-state index is 0.111. The Bertz CT molecular complexity index is 925. The summed E-state index contributed by atoms with van der Waals surface area (Å²) in [6, 6.07) is 7.69. The van der Waals surface area contributed by atoms with Crippen molar-refractivity contribution in [1.29, 1.82) is 5.26 Å². The number of aromatic nitrogens is 1. The number of pyridine rings is 1. The number of thioether (sulfide) groups is 1. The highest BCUT2D eigenvalue weighted by atomic mass is 32.2. The molecule has 1 aromatic heterocycles. The highest BCUT2D eigenvalue weighted by molar-refractivity contribution is 8.00. The van der Waals surface area contributed by atoms with Gasteiger partial charge in [-0.05, 0) is 30.9 Å². The van der Waals surface area contributed by atoms with Crippen LogP contribution in [0.15, 0.2) is 23.2 Å². The van der Waals surface area contributed by atoms with Gasteiger partial charge in [-0.2, -0.15) is 5.26 Å². The molecule has 0 saturated carbocycles. The maximum atomic E-state index is 12.5. The molecule has 0 radical (unpaired) electrons. The summed E-state index contributed by atoms with van der Waals surface area (Å²) in [5.74, 6) is 2.30. The molecule has 0 unspecified atom stereocenters. The van der Waals surface area contributed by atoms with Crippen LogP contribution in [0.5, 0.6) is 11.5 Å². The molecule has 2 aliphatic rings. The Morgan fingerprint density at radius 3 is 2.85 bits per heavy atom. The average molecular weight is 383 g/mol. The average Bonchev–Trinajstić information content (AvgIpc) is 2.69. The highest BCUT2D eigenvalue weighted by Gasteiger charge is 2.22. The fourth-order valence-electron chi connectivity index (χ4n) is 3.52. The molecule has 0 bridgehead atoms. The molecule has 1 fully saturated rings. The zero-order valence-electron chi connectivity index (χ0n) is 15.2. The van der Waals surface area contributed by atoms with E-state index in [0.29, 0.717) is 47.0 Å². The van der Waals surface area contributed by atoms with Crippen molar-refractivity contribution >= 4 is 28.6 Å². The van der Waals surface area contributed by atoms with E-state index in [1.807, 2.05) is 17.0 Å². The van der Waals surface area contributed by atoms with E-state index >= 15 is 0 Å². The Balaban J connectivity index is 1.55. The van der Waals surface area contributed by atoms with E-state index < -0.39 is 0 Å². The lowest BCUT2D eigenvalue weighted by atomic mass is 10.0.